The lowest BCUT2D eigenvalue weighted by atomic mass is 10.1. The summed E-state index contributed by atoms with van der Waals surface area (Å²) in [5.74, 6) is -0.101. The van der Waals surface area contributed by atoms with E-state index in [9.17, 15) is 14.0 Å². The van der Waals surface area contributed by atoms with Crippen molar-refractivity contribution in [2.75, 3.05) is 5.32 Å². The lowest BCUT2D eigenvalue weighted by Crippen LogP contribution is -2.32. The molecule has 2 aliphatic carbocycles. The number of benzene rings is 2. The van der Waals surface area contributed by atoms with Crippen molar-refractivity contribution in [3.8, 4) is 0 Å². The van der Waals surface area contributed by atoms with Crippen molar-refractivity contribution < 1.29 is 14.0 Å². The van der Waals surface area contributed by atoms with Crippen molar-refractivity contribution in [1.29, 1.82) is 0 Å². The van der Waals surface area contributed by atoms with Gasteiger partial charge in [0.1, 0.15) is 5.82 Å². The molecule has 0 aliphatic heterocycles. The molecule has 2 aliphatic rings. The Morgan fingerprint density at radius 3 is 2.19 bits per heavy atom. The average Bonchev–Trinajstić information content (AvgIpc) is 3.54. The van der Waals surface area contributed by atoms with Gasteiger partial charge in [-0.25, -0.2) is 4.39 Å². The number of nitrogens with zero attached hydrogens (tertiary/aromatic N) is 1. The SMILES string of the molecule is O=C(Nc1ccc(C(=O)N(Cc2ccc(F)cc2)C2CC2)cc1)C1CC1. The predicted octanol–water partition coefficient (Wildman–Crippen LogP) is 3.98. The third-order valence-electron chi connectivity index (χ3n) is 4.86. The highest BCUT2D eigenvalue weighted by Gasteiger charge is 2.33. The predicted molar refractivity (Wildman–Crippen MR) is 97.1 cm³/mol. The molecule has 4 nitrogen and oxygen atoms in total. The van der Waals surface area contributed by atoms with Crippen LogP contribution >= 0.6 is 0 Å². The number of hydrogen-bond acceptors (Lipinski definition) is 2. The lowest BCUT2D eigenvalue weighted by molar-refractivity contribution is -0.117. The maximum absolute atomic E-state index is 13.1. The van der Waals surface area contributed by atoms with Crippen LogP contribution in [0.1, 0.15) is 41.6 Å². The first-order valence-corrected chi connectivity index (χ1v) is 9.06. The summed E-state index contributed by atoms with van der Waals surface area (Å²) in [6.07, 6.45) is 3.93. The van der Waals surface area contributed by atoms with E-state index in [1.54, 1.807) is 36.4 Å². The van der Waals surface area contributed by atoms with Crippen LogP contribution in [0.3, 0.4) is 0 Å². The van der Waals surface area contributed by atoms with Crippen LogP contribution in [0.25, 0.3) is 0 Å². The maximum Gasteiger partial charge on any atom is 0.254 e. The summed E-state index contributed by atoms with van der Waals surface area (Å²) >= 11 is 0. The summed E-state index contributed by atoms with van der Waals surface area (Å²) in [7, 11) is 0. The van der Waals surface area contributed by atoms with Crippen molar-refractivity contribution in [2.45, 2.75) is 38.3 Å². The smallest absolute Gasteiger partial charge is 0.254 e. The molecule has 0 heterocycles. The van der Waals surface area contributed by atoms with Crippen LogP contribution in [0.5, 0.6) is 0 Å². The average molecular weight is 352 g/mol. The molecule has 0 spiro atoms. The second-order valence-electron chi connectivity index (χ2n) is 7.13. The van der Waals surface area contributed by atoms with Crippen LogP contribution in [-0.4, -0.2) is 22.8 Å². The number of amides is 2. The zero-order valence-corrected chi connectivity index (χ0v) is 14.5. The molecular formula is C21H21FN2O2. The Labute approximate surface area is 152 Å². The van der Waals surface area contributed by atoms with Gasteiger partial charge >= 0.3 is 0 Å². The first-order chi connectivity index (χ1) is 12.6. The summed E-state index contributed by atoms with van der Waals surface area (Å²) in [6.45, 7) is 0.476. The molecule has 4 rings (SSSR count). The van der Waals surface area contributed by atoms with Gasteiger partial charge in [0, 0.05) is 29.8 Å². The molecule has 26 heavy (non-hydrogen) atoms. The van der Waals surface area contributed by atoms with Crippen LogP contribution in [0.2, 0.25) is 0 Å². The number of carbonyl (C=O) groups is 2. The van der Waals surface area contributed by atoms with E-state index in [-0.39, 0.29) is 29.6 Å². The van der Waals surface area contributed by atoms with Gasteiger partial charge in [0.2, 0.25) is 5.91 Å². The Balaban J connectivity index is 1.45. The minimum atomic E-state index is -0.276. The van der Waals surface area contributed by atoms with E-state index in [1.165, 1.54) is 12.1 Å². The largest absolute Gasteiger partial charge is 0.331 e. The van der Waals surface area contributed by atoms with Gasteiger partial charge in [0.15, 0.2) is 0 Å². The Hall–Kier alpha value is -2.69. The number of rotatable bonds is 6. The fraction of sp³-hybridized carbons (Fsp3) is 0.333. The minimum Gasteiger partial charge on any atom is -0.331 e. The third kappa shape index (κ3) is 3.93. The van der Waals surface area contributed by atoms with E-state index >= 15 is 0 Å². The van der Waals surface area contributed by atoms with Crippen molar-refractivity contribution in [1.82, 2.24) is 4.90 Å². The quantitative estimate of drug-likeness (QED) is 0.855. The first kappa shape index (κ1) is 16.8. The molecule has 1 N–H and O–H groups in total. The molecule has 2 saturated carbocycles. The molecule has 2 amide bonds. The van der Waals surface area contributed by atoms with Crippen molar-refractivity contribution >= 4 is 17.5 Å². The van der Waals surface area contributed by atoms with Gasteiger partial charge < -0.3 is 10.2 Å². The first-order valence-electron chi connectivity index (χ1n) is 9.06. The van der Waals surface area contributed by atoms with Crippen molar-refractivity contribution in [3.05, 3.63) is 65.5 Å². The lowest BCUT2D eigenvalue weighted by Gasteiger charge is -2.23. The van der Waals surface area contributed by atoms with Gasteiger partial charge in [0.25, 0.3) is 5.91 Å². The Morgan fingerprint density at radius 1 is 0.962 bits per heavy atom. The van der Waals surface area contributed by atoms with Gasteiger partial charge in [-0.05, 0) is 67.6 Å². The molecule has 0 radical (unpaired) electrons. The molecule has 2 aromatic rings. The Kier molecular flexibility index (Phi) is 4.45. The normalized spacial score (nSPS) is 16.2. The Morgan fingerprint density at radius 2 is 1.62 bits per heavy atom. The third-order valence-corrected chi connectivity index (χ3v) is 4.86. The summed E-state index contributed by atoms with van der Waals surface area (Å²) in [5.41, 5.74) is 2.23. The molecule has 134 valence electrons. The van der Waals surface area contributed by atoms with E-state index in [0.29, 0.717) is 12.1 Å². The Bertz CT molecular complexity index is 809. The number of nitrogens with one attached hydrogen (secondary N) is 1. The number of carbonyl (C=O) groups excluding carboxylic acids is 2. The van der Waals surface area contributed by atoms with E-state index in [0.717, 1.165) is 36.9 Å². The van der Waals surface area contributed by atoms with Crippen molar-refractivity contribution in [3.63, 3.8) is 0 Å². The van der Waals surface area contributed by atoms with Gasteiger partial charge in [-0.2, -0.15) is 0 Å². The van der Waals surface area contributed by atoms with Gasteiger partial charge in [-0.15, -0.1) is 0 Å². The van der Waals surface area contributed by atoms with Gasteiger partial charge in [0.05, 0.1) is 0 Å². The maximum atomic E-state index is 13.1. The van der Waals surface area contributed by atoms with Crippen LogP contribution in [0.4, 0.5) is 10.1 Å². The van der Waals surface area contributed by atoms with Crippen molar-refractivity contribution in [2.24, 2.45) is 5.92 Å². The molecule has 0 saturated heterocycles. The minimum absolute atomic E-state index is 0.0307. The monoisotopic (exact) mass is 352 g/mol. The van der Waals surface area contributed by atoms with E-state index in [1.807, 2.05) is 4.90 Å². The zero-order valence-electron chi connectivity index (χ0n) is 14.5. The van der Waals surface area contributed by atoms with Crippen LogP contribution in [0.15, 0.2) is 48.5 Å². The summed E-state index contributed by atoms with van der Waals surface area (Å²) < 4.78 is 13.1. The van der Waals surface area contributed by atoms with Crippen LogP contribution < -0.4 is 5.32 Å². The second kappa shape index (κ2) is 6.90. The molecule has 0 unspecified atom stereocenters. The highest BCUT2D eigenvalue weighted by molar-refractivity contribution is 5.97. The van der Waals surface area contributed by atoms with Gasteiger partial charge in [-0.1, -0.05) is 12.1 Å². The highest BCUT2D eigenvalue weighted by atomic mass is 19.1. The van der Waals surface area contributed by atoms with E-state index in [2.05, 4.69) is 5.32 Å². The second-order valence-corrected chi connectivity index (χ2v) is 7.13. The van der Waals surface area contributed by atoms with E-state index < -0.39 is 0 Å². The van der Waals surface area contributed by atoms with Crippen LogP contribution in [-0.2, 0) is 11.3 Å². The molecule has 5 heteroatoms. The van der Waals surface area contributed by atoms with Crippen LogP contribution in [0, 0.1) is 11.7 Å². The summed E-state index contributed by atoms with van der Waals surface area (Å²) in [6, 6.07) is 13.6. The summed E-state index contributed by atoms with van der Waals surface area (Å²) in [4.78, 5) is 26.6. The topological polar surface area (TPSA) is 49.4 Å². The van der Waals surface area contributed by atoms with Gasteiger partial charge in [-0.3, -0.25) is 9.59 Å². The molecule has 0 atom stereocenters. The highest BCUT2D eigenvalue weighted by Crippen LogP contribution is 2.31. The molecule has 2 aromatic carbocycles. The van der Waals surface area contributed by atoms with E-state index in [4.69, 9.17) is 0 Å². The molecule has 2 fully saturated rings. The standard InChI is InChI=1S/C21H21FN2O2/c22-17-7-1-14(2-8-17)13-24(19-11-12-19)21(26)16-5-9-18(10-6-16)23-20(25)15-3-4-15/h1-2,5-10,15,19H,3-4,11-13H2,(H,23,25). The molecular weight excluding hydrogens is 331 g/mol. The summed E-state index contributed by atoms with van der Waals surface area (Å²) in [5, 5.41) is 2.88. The molecule has 0 bridgehead atoms. The number of anilines is 1. The zero-order chi connectivity index (χ0) is 18.1. The number of halogens is 1. The fourth-order valence-electron chi connectivity index (χ4n) is 2.99. The number of hydrogen-bond donors (Lipinski definition) is 1. The fourth-order valence-corrected chi connectivity index (χ4v) is 2.99. The molecule has 0 aromatic heterocycles.